The van der Waals surface area contributed by atoms with Crippen LogP contribution in [0.5, 0.6) is 5.75 Å². The molecular formula is C29H29F2N3O5. The van der Waals surface area contributed by atoms with Gasteiger partial charge in [-0.05, 0) is 67.3 Å². The van der Waals surface area contributed by atoms with Crippen molar-refractivity contribution in [2.45, 2.75) is 44.9 Å². The van der Waals surface area contributed by atoms with Crippen LogP contribution in [0.3, 0.4) is 0 Å². The van der Waals surface area contributed by atoms with E-state index in [1.54, 1.807) is 25.1 Å². The van der Waals surface area contributed by atoms with Crippen LogP contribution in [0.15, 0.2) is 48.5 Å². The third-order valence-corrected chi connectivity index (χ3v) is 7.32. The van der Waals surface area contributed by atoms with Gasteiger partial charge in [0.05, 0.1) is 25.4 Å². The zero-order valence-corrected chi connectivity index (χ0v) is 21.7. The Morgan fingerprint density at radius 3 is 2.59 bits per heavy atom. The summed E-state index contributed by atoms with van der Waals surface area (Å²) in [7, 11) is 1.34. The van der Waals surface area contributed by atoms with E-state index in [2.05, 4.69) is 4.90 Å². The Morgan fingerprint density at radius 2 is 1.90 bits per heavy atom. The smallest absolute Gasteiger partial charge is 0.411 e. The Kier molecular flexibility index (Phi) is 7.36. The number of ether oxygens (including phenoxy) is 2. The molecule has 2 aliphatic rings. The van der Waals surface area contributed by atoms with Gasteiger partial charge in [0.15, 0.2) is 11.6 Å². The SMILES string of the molecule is COC(=O)CCc1ccc(O)c(-c2ccc(N3CCC3)nc2CN2C(=O)O[C@H](c3ccc(F)c(F)c3)[C@@H]2C)c1. The van der Waals surface area contributed by atoms with Crippen LogP contribution in [0.2, 0.25) is 0 Å². The van der Waals surface area contributed by atoms with E-state index >= 15 is 0 Å². The number of aromatic hydroxyl groups is 1. The fourth-order valence-corrected chi connectivity index (χ4v) is 4.89. The third kappa shape index (κ3) is 5.36. The molecule has 2 fully saturated rings. The van der Waals surface area contributed by atoms with Gasteiger partial charge in [0, 0.05) is 30.6 Å². The lowest BCUT2D eigenvalue weighted by molar-refractivity contribution is -0.140. The van der Waals surface area contributed by atoms with Crippen molar-refractivity contribution in [1.29, 1.82) is 0 Å². The van der Waals surface area contributed by atoms with Crippen LogP contribution in [-0.4, -0.2) is 53.3 Å². The van der Waals surface area contributed by atoms with Gasteiger partial charge in [0.25, 0.3) is 0 Å². The molecule has 1 N–H and O–H groups in total. The number of hydrogen-bond donors (Lipinski definition) is 1. The predicted molar refractivity (Wildman–Crippen MR) is 139 cm³/mol. The van der Waals surface area contributed by atoms with Crippen molar-refractivity contribution in [2.75, 3.05) is 25.1 Å². The second kappa shape index (κ2) is 10.9. The van der Waals surface area contributed by atoms with E-state index in [1.807, 2.05) is 12.1 Å². The van der Waals surface area contributed by atoms with Crippen LogP contribution in [-0.2, 0) is 27.2 Å². The summed E-state index contributed by atoms with van der Waals surface area (Å²) in [6.45, 7) is 3.60. The highest BCUT2D eigenvalue weighted by Gasteiger charge is 2.40. The molecule has 39 heavy (non-hydrogen) atoms. The van der Waals surface area contributed by atoms with Crippen LogP contribution in [0.4, 0.5) is 19.4 Å². The minimum atomic E-state index is -1.01. The van der Waals surface area contributed by atoms with Gasteiger partial charge in [0.1, 0.15) is 17.7 Å². The Hall–Kier alpha value is -4.21. The number of carbonyl (C=O) groups excluding carboxylic acids is 2. The number of nitrogens with zero attached hydrogens (tertiary/aromatic N) is 3. The number of esters is 1. The lowest BCUT2D eigenvalue weighted by atomic mass is 9.97. The molecule has 8 nitrogen and oxygen atoms in total. The maximum absolute atomic E-state index is 13.9. The summed E-state index contributed by atoms with van der Waals surface area (Å²) in [5.74, 6) is -1.52. The van der Waals surface area contributed by atoms with Crippen LogP contribution in [0.25, 0.3) is 11.1 Å². The molecule has 2 aromatic carbocycles. The fraction of sp³-hybridized carbons (Fsp3) is 0.345. The zero-order chi connectivity index (χ0) is 27.7. The molecule has 3 heterocycles. The molecule has 2 saturated heterocycles. The first-order valence-electron chi connectivity index (χ1n) is 12.8. The molecule has 0 aliphatic carbocycles. The standard InChI is InChI=1S/C29H29F2N3O5/c1-17-28(19-6-8-22(30)23(31)15-19)39-29(37)34(17)16-24-20(7-10-26(32-24)33-12-3-13-33)21-14-18(4-9-25(21)35)5-11-27(36)38-2/h4,6-10,14-15,17,28,35H,3,5,11-13,16H2,1-2H3/t17-,28-/m0/s1. The van der Waals surface area contributed by atoms with Crippen molar-refractivity contribution < 1.29 is 33.0 Å². The predicted octanol–water partition coefficient (Wildman–Crippen LogP) is 5.13. The van der Waals surface area contributed by atoms with Crippen molar-refractivity contribution in [2.24, 2.45) is 0 Å². The number of methoxy groups -OCH3 is 1. The molecule has 0 bridgehead atoms. The van der Waals surface area contributed by atoms with Gasteiger partial charge < -0.3 is 19.5 Å². The molecule has 0 radical (unpaired) electrons. The number of aromatic nitrogens is 1. The molecule has 2 atom stereocenters. The highest BCUT2D eigenvalue weighted by Crippen LogP contribution is 2.38. The molecule has 204 valence electrons. The number of hydrogen-bond acceptors (Lipinski definition) is 7. The summed E-state index contributed by atoms with van der Waals surface area (Å²) in [4.78, 5) is 33.1. The Labute approximate surface area is 224 Å². The number of halogens is 2. The van der Waals surface area contributed by atoms with E-state index in [0.29, 0.717) is 28.8 Å². The number of rotatable bonds is 8. The number of aryl methyl sites for hydroxylation is 1. The highest BCUT2D eigenvalue weighted by atomic mass is 19.2. The number of carbonyl (C=O) groups is 2. The van der Waals surface area contributed by atoms with E-state index in [4.69, 9.17) is 14.5 Å². The maximum atomic E-state index is 13.9. The average Bonchev–Trinajstić information content (AvgIpc) is 3.17. The second-order valence-electron chi connectivity index (χ2n) is 9.78. The minimum absolute atomic E-state index is 0.0354. The number of anilines is 1. The van der Waals surface area contributed by atoms with Crippen molar-refractivity contribution in [3.63, 3.8) is 0 Å². The molecule has 1 amide bonds. The normalized spacial score (nSPS) is 18.6. The van der Waals surface area contributed by atoms with E-state index < -0.39 is 29.9 Å². The lowest BCUT2D eigenvalue weighted by Crippen LogP contribution is -2.38. The number of benzene rings is 2. The van der Waals surface area contributed by atoms with Gasteiger partial charge in [-0.25, -0.2) is 18.6 Å². The summed E-state index contributed by atoms with van der Waals surface area (Å²) in [6, 6.07) is 11.8. The second-order valence-corrected chi connectivity index (χ2v) is 9.78. The van der Waals surface area contributed by atoms with Crippen molar-refractivity contribution in [1.82, 2.24) is 9.88 Å². The van der Waals surface area contributed by atoms with E-state index in [-0.39, 0.29) is 24.7 Å². The first kappa shape index (κ1) is 26.4. The van der Waals surface area contributed by atoms with E-state index in [0.717, 1.165) is 43.0 Å². The van der Waals surface area contributed by atoms with Gasteiger partial charge in [-0.15, -0.1) is 0 Å². The van der Waals surface area contributed by atoms with Crippen LogP contribution in [0, 0.1) is 11.6 Å². The molecule has 5 rings (SSSR count). The molecule has 0 spiro atoms. The summed E-state index contributed by atoms with van der Waals surface area (Å²) < 4.78 is 37.7. The first-order chi connectivity index (χ1) is 18.7. The van der Waals surface area contributed by atoms with Crippen LogP contribution < -0.4 is 4.90 Å². The molecule has 1 aromatic heterocycles. The number of phenolic OH excluding ortho intramolecular Hbond substituents is 1. The number of pyridine rings is 1. The van der Waals surface area contributed by atoms with Gasteiger partial charge in [-0.1, -0.05) is 12.1 Å². The molecule has 3 aromatic rings. The number of amides is 1. The van der Waals surface area contributed by atoms with Crippen molar-refractivity contribution in [3.05, 3.63) is 77.0 Å². The first-order valence-corrected chi connectivity index (χ1v) is 12.8. The van der Waals surface area contributed by atoms with Gasteiger partial charge in [-0.3, -0.25) is 9.69 Å². The van der Waals surface area contributed by atoms with Crippen LogP contribution in [0.1, 0.15) is 42.7 Å². The molecular weight excluding hydrogens is 508 g/mol. The van der Waals surface area contributed by atoms with Crippen molar-refractivity contribution >= 4 is 17.9 Å². The van der Waals surface area contributed by atoms with E-state index in [1.165, 1.54) is 18.1 Å². The molecule has 10 heteroatoms. The largest absolute Gasteiger partial charge is 0.507 e. The number of cyclic esters (lactones) is 1. The Morgan fingerprint density at radius 1 is 1.10 bits per heavy atom. The topological polar surface area (TPSA) is 92.2 Å². The molecule has 0 unspecified atom stereocenters. The van der Waals surface area contributed by atoms with Crippen molar-refractivity contribution in [3.8, 4) is 16.9 Å². The summed E-state index contributed by atoms with van der Waals surface area (Å²) >= 11 is 0. The lowest BCUT2D eigenvalue weighted by Gasteiger charge is -2.33. The van der Waals surface area contributed by atoms with Gasteiger partial charge in [0.2, 0.25) is 0 Å². The average molecular weight is 538 g/mol. The van der Waals surface area contributed by atoms with Crippen LogP contribution >= 0.6 is 0 Å². The Bertz CT molecular complexity index is 1410. The monoisotopic (exact) mass is 537 g/mol. The molecule has 0 saturated carbocycles. The maximum Gasteiger partial charge on any atom is 0.411 e. The van der Waals surface area contributed by atoms with Gasteiger partial charge >= 0.3 is 12.1 Å². The summed E-state index contributed by atoms with van der Waals surface area (Å²) in [5, 5.41) is 10.8. The number of phenols is 1. The zero-order valence-electron chi connectivity index (χ0n) is 21.7. The summed E-state index contributed by atoms with van der Waals surface area (Å²) in [6.07, 6.45) is 0.301. The third-order valence-electron chi connectivity index (χ3n) is 7.32. The quantitative estimate of drug-likeness (QED) is 0.398. The highest BCUT2D eigenvalue weighted by molar-refractivity contribution is 5.76. The summed E-state index contributed by atoms with van der Waals surface area (Å²) in [5.41, 5.74) is 2.89. The molecule has 2 aliphatic heterocycles. The van der Waals surface area contributed by atoms with E-state index in [9.17, 15) is 23.5 Å². The minimum Gasteiger partial charge on any atom is -0.507 e. The van der Waals surface area contributed by atoms with Gasteiger partial charge in [-0.2, -0.15) is 0 Å². The fourth-order valence-electron chi connectivity index (χ4n) is 4.89. The Balaban J connectivity index is 1.48.